The molecule has 0 unspecified atom stereocenters. The molecule has 3 heteroatoms. The van der Waals surface area contributed by atoms with Crippen molar-refractivity contribution >= 4 is 23.3 Å². The zero-order chi connectivity index (χ0) is 9.42. The standard InChI is InChI=1S/C10H11NOS/c1-6(2)7-3-4-9-8(5-7)11-10(13)12-9/h3-6H,1-2H3,(H,11,13). The van der Waals surface area contributed by atoms with Crippen LogP contribution in [0.3, 0.4) is 0 Å². The Morgan fingerprint density at radius 2 is 2.15 bits per heavy atom. The second-order valence-electron chi connectivity index (χ2n) is 3.42. The zero-order valence-electron chi connectivity index (χ0n) is 7.63. The fourth-order valence-corrected chi connectivity index (χ4v) is 1.53. The Kier molecular flexibility index (Phi) is 1.96. The summed E-state index contributed by atoms with van der Waals surface area (Å²) in [6, 6.07) is 6.11. The van der Waals surface area contributed by atoms with Crippen molar-refractivity contribution in [3.05, 3.63) is 28.6 Å². The highest BCUT2D eigenvalue weighted by Crippen LogP contribution is 2.20. The molecule has 1 N–H and O–H groups in total. The second kappa shape index (κ2) is 3.00. The number of fused-ring (bicyclic) bond motifs is 1. The van der Waals surface area contributed by atoms with E-state index < -0.39 is 0 Å². The number of aromatic nitrogens is 1. The molecule has 2 nitrogen and oxygen atoms in total. The van der Waals surface area contributed by atoms with E-state index in [4.69, 9.17) is 16.6 Å². The fourth-order valence-electron chi connectivity index (χ4n) is 1.33. The third-order valence-corrected chi connectivity index (χ3v) is 2.30. The first-order valence-electron chi connectivity index (χ1n) is 4.29. The number of hydrogen-bond donors (Lipinski definition) is 1. The summed E-state index contributed by atoms with van der Waals surface area (Å²) in [4.78, 5) is 3.44. The molecule has 0 amide bonds. The molecule has 1 aromatic heterocycles. The van der Waals surface area contributed by atoms with Gasteiger partial charge in [-0.15, -0.1) is 0 Å². The minimum atomic E-state index is 0.441. The topological polar surface area (TPSA) is 28.9 Å². The van der Waals surface area contributed by atoms with Crippen molar-refractivity contribution < 1.29 is 4.42 Å². The highest BCUT2D eigenvalue weighted by Gasteiger charge is 2.02. The molecular weight excluding hydrogens is 182 g/mol. The summed E-state index contributed by atoms with van der Waals surface area (Å²) in [7, 11) is 0. The first kappa shape index (κ1) is 8.51. The van der Waals surface area contributed by atoms with Crippen molar-refractivity contribution in [1.82, 2.24) is 4.98 Å². The number of H-pyrrole nitrogens is 1. The largest absolute Gasteiger partial charge is 0.429 e. The summed E-state index contributed by atoms with van der Waals surface area (Å²) in [5, 5.41) is 0. The highest BCUT2D eigenvalue weighted by atomic mass is 32.1. The van der Waals surface area contributed by atoms with Crippen molar-refractivity contribution in [1.29, 1.82) is 0 Å². The lowest BCUT2D eigenvalue weighted by Gasteiger charge is -2.02. The van der Waals surface area contributed by atoms with E-state index in [-0.39, 0.29) is 0 Å². The number of rotatable bonds is 1. The number of benzene rings is 1. The number of nitrogens with one attached hydrogen (secondary N) is 1. The molecule has 0 radical (unpaired) electrons. The Morgan fingerprint density at radius 3 is 2.85 bits per heavy atom. The molecule has 1 aromatic carbocycles. The van der Waals surface area contributed by atoms with Gasteiger partial charge < -0.3 is 9.40 Å². The first-order chi connectivity index (χ1) is 6.16. The number of hydrogen-bond acceptors (Lipinski definition) is 2. The van der Waals surface area contributed by atoms with Crippen molar-refractivity contribution in [2.45, 2.75) is 19.8 Å². The number of oxazole rings is 1. The SMILES string of the molecule is CC(C)c1ccc2oc(=S)[nH]c2c1. The predicted octanol–water partition coefficient (Wildman–Crippen LogP) is 3.61. The summed E-state index contributed by atoms with van der Waals surface area (Å²) in [5.74, 6) is 0.529. The van der Waals surface area contributed by atoms with E-state index >= 15 is 0 Å². The van der Waals surface area contributed by atoms with Gasteiger partial charge in [0.05, 0.1) is 5.52 Å². The molecule has 13 heavy (non-hydrogen) atoms. The van der Waals surface area contributed by atoms with Gasteiger partial charge >= 0.3 is 0 Å². The van der Waals surface area contributed by atoms with Crippen molar-refractivity contribution in [3.63, 3.8) is 0 Å². The Hall–Kier alpha value is -1.09. The van der Waals surface area contributed by atoms with Crippen molar-refractivity contribution in [2.75, 3.05) is 0 Å². The molecule has 2 rings (SSSR count). The molecule has 0 saturated heterocycles. The number of aromatic amines is 1. The normalized spacial score (nSPS) is 11.3. The molecule has 2 aromatic rings. The molecule has 0 aliphatic rings. The Morgan fingerprint density at radius 1 is 1.38 bits per heavy atom. The van der Waals surface area contributed by atoms with E-state index in [1.165, 1.54) is 5.56 Å². The van der Waals surface area contributed by atoms with Crippen molar-refractivity contribution in [3.8, 4) is 0 Å². The van der Waals surface area contributed by atoms with E-state index in [1.807, 2.05) is 6.07 Å². The Balaban J connectivity index is 2.68. The summed E-state index contributed by atoms with van der Waals surface area (Å²) < 4.78 is 5.26. The first-order valence-corrected chi connectivity index (χ1v) is 4.70. The van der Waals surface area contributed by atoms with E-state index in [9.17, 15) is 0 Å². The van der Waals surface area contributed by atoms with Gasteiger partial charge in [0.15, 0.2) is 5.58 Å². The molecule has 68 valence electrons. The summed E-state index contributed by atoms with van der Waals surface area (Å²) in [6.45, 7) is 4.33. The summed E-state index contributed by atoms with van der Waals surface area (Å²) in [6.07, 6.45) is 0. The third-order valence-electron chi connectivity index (χ3n) is 2.11. The molecule has 0 saturated carbocycles. The maximum absolute atomic E-state index is 5.26. The molecular formula is C10H11NOS. The van der Waals surface area contributed by atoms with Gasteiger partial charge in [0, 0.05) is 0 Å². The van der Waals surface area contributed by atoms with E-state index in [1.54, 1.807) is 0 Å². The predicted molar refractivity (Wildman–Crippen MR) is 55.5 cm³/mol. The lowest BCUT2D eigenvalue weighted by atomic mass is 10.0. The van der Waals surface area contributed by atoms with Crippen LogP contribution < -0.4 is 0 Å². The minimum Gasteiger partial charge on any atom is -0.429 e. The Bertz CT molecular complexity index is 481. The van der Waals surface area contributed by atoms with Gasteiger partial charge in [0.2, 0.25) is 0 Å². The maximum Gasteiger partial charge on any atom is 0.266 e. The van der Waals surface area contributed by atoms with E-state index in [0.717, 1.165) is 11.1 Å². The van der Waals surface area contributed by atoms with Crippen LogP contribution in [0.2, 0.25) is 0 Å². The molecule has 0 bridgehead atoms. The fraction of sp³-hybridized carbons (Fsp3) is 0.300. The van der Waals surface area contributed by atoms with Crippen LogP contribution >= 0.6 is 12.2 Å². The molecule has 0 atom stereocenters. The monoisotopic (exact) mass is 193 g/mol. The van der Waals surface area contributed by atoms with Crippen LogP contribution in [0.1, 0.15) is 25.3 Å². The van der Waals surface area contributed by atoms with Crippen LogP contribution in [0.15, 0.2) is 22.6 Å². The van der Waals surface area contributed by atoms with Gasteiger partial charge in [-0.2, -0.15) is 0 Å². The van der Waals surface area contributed by atoms with Crippen LogP contribution in [0.4, 0.5) is 0 Å². The zero-order valence-corrected chi connectivity index (χ0v) is 8.44. The van der Waals surface area contributed by atoms with Crippen molar-refractivity contribution in [2.24, 2.45) is 0 Å². The molecule has 0 aliphatic heterocycles. The van der Waals surface area contributed by atoms with Gasteiger partial charge in [-0.25, -0.2) is 0 Å². The maximum atomic E-state index is 5.26. The molecule has 0 fully saturated rings. The highest BCUT2D eigenvalue weighted by molar-refractivity contribution is 7.71. The average Bonchev–Trinajstić information content (AvgIpc) is 2.42. The Labute approximate surface area is 81.6 Å². The summed E-state index contributed by atoms with van der Waals surface area (Å²) in [5.41, 5.74) is 3.10. The lowest BCUT2D eigenvalue weighted by molar-refractivity contribution is 0.583. The molecule has 0 spiro atoms. The molecule has 1 heterocycles. The lowest BCUT2D eigenvalue weighted by Crippen LogP contribution is -1.85. The van der Waals surface area contributed by atoms with Gasteiger partial charge in [-0.3, -0.25) is 0 Å². The van der Waals surface area contributed by atoms with Crippen LogP contribution in [-0.4, -0.2) is 4.98 Å². The van der Waals surface area contributed by atoms with Crippen LogP contribution in [0.5, 0.6) is 0 Å². The summed E-state index contributed by atoms with van der Waals surface area (Å²) >= 11 is 4.90. The van der Waals surface area contributed by atoms with Crippen LogP contribution in [-0.2, 0) is 0 Å². The van der Waals surface area contributed by atoms with E-state index in [0.29, 0.717) is 10.8 Å². The van der Waals surface area contributed by atoms with Crippen LogP contribution in [0, 0.1) is 4.84 Å². The molecule has 0 aliphatic carbocycles. The van der Waals surface area contributed by atoms with Gasteiger partial charge in [0.1, 0.15) is 0 Å². The third kappa shape index (κ3) is 1.52. The van der Waals surface area contributed by atoms with Gasteiger partial charge in [-0.1, -0.05) is 19.9 Å². The second-order valence-corrected chi connectivity index (χ2v) is 3.80. The minimum absolute atomic E-state index is 0.441. The van der Waals surface area contributed by atoms with E-state index in [2.05, 4.69) is 31.0 Å². The van der Waals surface area contributed by atoms with Gasteiger partial charge in [-0.05, 0) is 35.8 Å². The quantitative estimate of drug-likeness (QED) is 0.701. The van der Waals surface area contributed by atoms with Gasteiger partial charge in [0.25, 0.3) is 4.84 Å². The van der Waals surface area contributed by atoms with Crippen LogP contribution in [0.25, 0.3) is 11.1 Å². The smallest absolute Gasteiger partial charge is 0.266 e. The average molecular weight is 193 g/mol.